The number of thiophene rings is 1. The van der Waals surface area contributed by atoms with Gasteiger partial charge >= 0.3 is 0 Å². The SMILES string of the molecule is CC(C)(C)[C@H](NC(=O)c1ccc2c(c1)OCO2)c1cccs1. The molecule has 0 bridgehead atoms. The topological polar surface area (TPSA) is 47.6 Å². The van der Waals surface area contributed by atoms with Crippen molar-refractivity contribution in [2.45, 2.75) is 26.8 Å². The number of carbonyl (C=O) groups excluding carboxylic acids is 1. The molecule has 1 amide bonds. The van der Waals surface area contributed by atoms with Gasteiger partial charge in [-0.3, -0.25) is 4.79 Å². The minimum absolute atomic E-state index is 0.0366. The van der Waals surface area contributed by atoms with Crippen LogP contribution in [0, 0.1) is 5.41 Å². The Kier molecular flexibility index (Phi) is 3.83. The molecule has 2 heterocycles. The van der Waals surface area contributed by atoms with Crippen LogP contribution in [0.5, 0.6) is 11.5 Å². The molecule has 5 heteroatoms. The van der Waals surface area contributed by atoms with Crippen molar-refractivity contribution >= 4 is 17.2 Å². The highest BCUT2D eigenvalue weighted by atomic mass is 32.1. The quantitative estimate of drug-likeness (QED) is 0.931. The molecule has 0 radical (unpaired) electrons. The number of carbonyl (C=O) groups is 1. The molecular weight excluding hydrogens is 298 g/mol. The lowest BCUT2D eigenvalue weighted by molar-refractivity contribution is 0.0903. The van der Waals surface area contributed by atoms with Gasteiger partial charge in [0.1, 0.15) is 0 Å². The van der Waals surface area contributed by atoms with E-state index in [2.05, 4.69) is 32.2 Å². The summed E-state index contributed by atoms with van der Waals surface area (Å²) in [5.41, 5.74) is 0.506. The third kappa shape index (κ3) is 2.95. The van der Waals surface area contributed by atoms with Gasteiger partial charge in [0, 0.05) is 10.4 Å². The first-order valence-corrected chi connectivity index (χ1v) is 8.07. The maximum Gasteiger partial charge on any atom is 0.251 e. The van der Waals surface area contributed by atoms with E-state index in [1.54, 1.807) is 29.5 Å². The van der Waals surface area contributed by atoms with Crippen LogP contribution >= 0.6 is 11.3 Å². The normalized spacial score (nSPS) is 14.7. The van der Waals surface area contributed by atoms with Gasteiger partial charge in [0.15, 0.2) is 11.5 Å². The van der Waals surface area contributed by atoms with E-state index in [0.717, 1.165) is 4.88 Å². The highest BCUT2D eigenvalue weighted by molar-refractivity contribution is 7.10. The van der Waals surface area contributed by atoms with Gasteiger partial charge in [0.25, 0.3) is 5.91 Å². The Morgan fingerprint density at radius 1 is 1.23 bits per heavy atom. The zero-order valence-corrected chi connectivity index (χ0v) is 13.7. The number of fused-ring (bicyclic) bond motifs is 1. The predicted molar refractivity (Wildman–Crippen MR) is 86.5 cm³/mol. The summed E-state index contributed by atoms with van der Waals surface area (Å²) >= 11 is 1.66. The van der Waals surface area contributed by atoms with Gasteiger partial charge < -0.3 is 14.8 Å². The number of benzene rings is 1. The van der Waals surface area contributed by atoms with Gasteiger partial charge in [0.2, 0.25) is 6.79 Å². The van der Waals surface area contributed by atoms with E-state index >= 15 is 0 Å². The van der Waals surface area contributed by atoms with Crippen molar-refractivity contribution in [1.29, 1.82) is 0 Å². The lowest BCUT2D eigenvalue weighted by Gasteiger charge is -2.30. The fourth-order valence-corrected chi connectivity index (χ4v) is 3.44. The fraction of sp³-hybridized carbons (Fsp3) is 0.353. The van der Waals surface area contributed by atoms with Gasteiger partial charge in [-0.1, -0.05) is 26.8 Å². The maximum atomic E-state index is 12.6. The number of hydrogen-bond acceptors (Lipinski definition) is 4. The van der Waals surface area contributed by atoms with Crippen LogP contribution < -0.4 is 14.8 Å². The van der Waals surface area contributed by atoms with E-state index in [4.69, 9.17) is 9.47 Å². The fourth-order valence-electron chi connectivity index (χ4n) is 2.42. The van der Waals surface area contributed by atoms with E-state index in [1.807, 2.05) is 11.4 Å². The molecule has 3 rings (SSSR count). The summed E-state index contributed by atoms with van der Waals surface area (Å²) in [6, 6.07) is 9.29. The van der Waals surface area contributed by atoms with E-state index in [9.17, 15) is 4.79 Å². The standard InChI is InChI=1S/C17H19NO3S/c1-17(2,3)15(14-5-4-8-22-14)18-16(19)11-6-7-12-13(9-11)21-10-20-12/h4-9,15H,10H2,1-3H3,(H,18,19)/t15-/m1/s1. The first kappa shape index (κ1) is 14.9. The summed E-state index contributed by atoms with van der Waals surface area (Å²) in [5, 5.41) is 5.17. The molecule has 0 spiro atoms. The van der Waals surface area contributed by atoms with Crippen LogP contribution in [0.2, 0.25) is 0 Å². The smallest absolute Gasteiger partial charge is 0.251 e. The van der Waals surface area contributed by atoms with Crippen molar-refractivity contribution in [1.82, 2.24) is 5.32 Å². The number of ether oxygens (including phenoxy) is 2. The Morgan fingerprint density at radius 3 is 2.68 bits per heavy atom. The second-order valence-electron chi connectivity index (χ2n) is 6.36. The highest BCUT2D eigenvalue weighted by Crippen LogP contribution is 2.36. The van der Waals surface area contributed by atoms with Gasteiger partial charge in [-0.05, 0) is 35.1 Å². The maximum absolute atomic E-state index is 12.6. The zero-order valence-electron chi connectivity index (χ0n) is 12.9. The largest absolute Gasteiger partial charge is 0.454 e. The van der Waals surface area contributed by atoms with Gasteiger partial charge in [0.05, 0.1) is 6.04 Å². The molecule has 0 saturated carbocycles. The van der Waals surface area contributed by atoms with Crippen LogP contribution in [-0.4, -0.2) is 12.7 Å². The van der Waals surface area contributed by atoms with E-state index in [1.165, 1.54) is 0 Å². The molecule has 0 saturated heterocycles. The molecule has 1 aromatic carbocycles. The van der Waals surface area contributed by atoms with Crippen LogP contribution in [0.1, 0.15) is 42.0 Å². The minimum atomic E-state index is -0.105. The Hall–Kier alpha value is -2.01. The summed E-state index contributed by atoms with van der Waals surface area (Å²) < 4.78 is 10.6. The lowest BCUT2D eigenvalue weighted by atomic mass is 9.85. The minimum Gasteiger partial charge on any atom is -0.454 e. The van der Waals surface area contributed by atoms with Crippen LogP contribution in [0.15, 0.2) is 35.7 Å². The molecule has 2 aromatic rings. The van der Waals surface area contributed by atoms with Crippen LogP contribution in [0.4, 0.5) is 0 Å². The van der Waals surface area contributed by atoms with Gasteiger partial charge in [-0.15, -0.1) is 11.3 Å². The van der Waals surface area contributed by atoms with E-state index < -0.39 is 0 Å². The van der Waals surface area contributed by atoms with Crippen molar-refractivity contribution in [2.75, 3.05) is 6.79 Å². The molecule has 0 unspecified atom stereocenters. The third-order valence-corrected chi connectivity index (χ3v) is 4.54. The monoisotopic (exact) mass is 317 g/mol. The first-order chi connectivity index (χ1) is 10.4. The van der Waals surface area contributed by atoms with Crippen molar-refractivity contribution < 1.29 is 14.3 Å². The summed E-state index contributed by atoms with van der Waals surface area (Å²) in [4.78, 5) is 13.7. The number of nitrogens with one attached hydrogen (secondary N) is 1. The number of hydrogen-bond donors (Lipinski definition) is 1. The Balaban J connectivity index is 1.82. The molecule has 22 heavy (non-hydrogen) atoms. The van der Waals surface area contributed by atoms with Crippen molar-refractivity contribution in [3.05, 3.63) is 46.2 Å². The lowest BCUT2D eigenvalue weighted by Crippen LogP contribution is -2.36. The Morgan fingerprint density at radius 2 is 2.00 bits per heavy atom. The molecule has 4 nitrogen and oxygen atoms in total. The van der Waals surface area contributed by atoms with Crippen LogP contribution in [0.25, 0.3) is 0 Å². The van der Waals surface area contributed by atoms with Crippen LogP contribution in [-0.2, 0) is 0 Å². The molecule has 116 valence electrons. The average molecular weight is 317 g/mol. The molecule has 1 aromatic heterocycles. The zero-order chi connectivity index (χ0) is 15.7. The Labute approximate surface area is 134 Å². The van der Waals surface area contributed by atoms with Crippen molar-refractivity contribution in [2.24, 2.45) is 5.41 Å². The predicted octanol–water partition coefficient (Wildman–Crippen LogP) is 3.99. The second-order valence-corrected chi connectivity index (χ2v) is 7.34. The van der Waals surface area contributed by atoms with E-state index in [-0.39, 0.29) is 24.2 Å². The van der Waals surface area contributed by atoms with Crippen molar-refractivity contribution in [3.63, 3.8) is 0 Å². The number of amides is 1. The van der Waals surface area contributed by atoms with E-state index in [0.29, 0.717) is 17.1 Å². The summed E-state index contributed by atoms with van der Waals surface area (Å²) in [5.74, 6) is 1.20. The first-order valence-electron chi connectivity index (χ1n) is 7.19. The summed E-state index contributed by atoms with van der Waals surface area (Å²) in [7, 11) is 0. The molecule has 1 aliphatic rings. The van der Waals surface area contributed by atoms with Crippen LogP contribution in [0.3, 0.4) is 0 Å². The molecule has 1 aliphatic heterocycles. The number of rotatable bonds is 3. The Bertz CT molecular complexity index is 674. The highest BCUT2D eigenvalue weighted by Gasteiger charge is 2.29. The van der Waals surface area contributed by atoms with Gasteiger partial charge in [-0.25, -0.2) is 0 Å². The molecular formula is C17H19NO3S. The molecule has 0 aliphatic carbocycles. The van der Waals surface area contributed by atoms with Crippen molar-refractivity contribution in [3.8, 4) is 11.5 Å². The average Bonchev–Trinajstić information content (AvgIpc) is 3.13. The third-order valence-electron chi connectivity index (χ3n) is 3.60. The second kappa shape index (κ2) is 5.65. The molecule has 1 atom stereocenters. The van der Waals surface area contributed by atoms with Gasteiger partial charge in [-0.2, -0.15) is 0 Å². The summed E-state index contributed by atoms with van der Waals surface area (Å²) in [6.07, 6.45) is 0. The summed E-state index contributed by atoms with van der Waals surface area (Å²) in [6.45, 7) is 6.58. The molecule has 0 fully saturated rings. The molecule has 1 N–H and O–H groups in total.